The number of hydrogen-bond donors (Lipinski definition) is 1. The van der Waals surface area contributed by atoms with Gasteiger partial charge >= 0.3 is 11.9 Å². The van der Waals surface area contributed by atoms with Crippen molar-refractivity contribution in [1.82, 2.24) is 0 Å². The van der Waals surface area contributed by atoms with Crippen LogP contribution in [-0.2, 0) is 24.3 Å². The summed E-state index contributed by atoms with van der Waals surface area (Å²) >= 11 is 6.08. The van der Waals surface area contributed by atoms with Gasteiger partial charge in [-0.3, -0.25) is 4.72 Å². The lowest BCUT2D eigenvalue weighted by molar-refractivity contribution is -0.142. The summed E-state index contributed by atoms with van der Waals surface area (Å²) in [5.41, 5.74) is -0.181. The number of esters is 2. The summed E-state index contributed by atoms with van der Waals surface area (Å²) in [6, 6.07) is 6.22. The van der Waals surface area contributed by atoms with Gasteiger partial charge in [-0.25, -0.2) is 18.0 Å². The van der Waals surface area contributed by atoms with Gasteiger partial charge in [0.1, 0.15) is 5.75 Å². The highest BCUT2D eigenvalue weighted by Gasteiger charge is 2.23. The number of rotatable bonds is 9. The average molecular weight is 474 g/mol. The monoisotopic (exact) mass is 473 g/mol. The highest BCUT2D eigenvalue weighted by molar-refractivity contribution is 7.92. The van der Waals surface area contributed by atoms with E-state index in [1.54, 1.807) is 0 Å². The van der Waals surface area contributed by atoms with Crippen LogP contribution in [0.25, 0.3) is 0 Å². The van der Waals surface area contributed by atoms with Gasteiger partial charge in [0.2, 0.25) is 0 Å². The predicted molar refractivity (Wildman–Crippen MR) is 111 cm³/mol. The van der Waals surface area contributed by atoms with Crippen molar-refractivity contribution in [2.45, 2.75) is 4.90 Å². The van der Waals surface area contributed by atoms with Gasteiger partial charge in [0.05, 0.1) is 49.6 Å². The molecule has 0 aliphatic heterocycles. The van der Waals surface area contributed by atoms with Crippen LogP contribution in [0, 0.1) is 0 Å². The topological polar surface area (TPSA) is 126 Å². The van der Waals surface area contributed by atoms with E-state index >= 15 is 0 Å². The molecule has 168 valence electrons. The van der Waals surface area contributed by atoms with Crippen molar-refractivity contribution in [2.75, 3.05) is 39.8 Å². The molecule has 0 saturated heterocycles. The van der Waals surface area contributed by atoms with Crippen LogP contribution in [0.5, 0.6) is 17.2 Å². The second kappa shape index (κ2) is 10.2. The molecule has 0 amide bonds. The van der Waals surface area contributed by atoms with Crippen molar-refractivity contribution in [1.29, 1.82) is 0 Å². The number of carbonyl (C=O) groups excluding carboxylic acids is 2. The van der Waals surface area contributed by atoms with E-state index in [0.717, 1.165) is 13.2 Å². The van der Waals surface area contributed by atoms with Crippen molar-refractivity contribution in [3.05, 3.63) is 40.9 Å². The quantitative estimate of drug-likeness (QED) is 0.546. The van der Waals surface area contributed by atoms with Gasteiger partial charge in [-0.1, -0.05) is 11.6 Å². The molecule has 12 heteroatoms. The number of ether oxygens (including phenoxy) is 5. The lowest BCUT2D eigenvalue weighted by atomic mass is 10.1. The first-order chi connectivity index (χ1) is 14.7. The van der Waals surface area contributed by atoms with Gasteiger partial charge in [-0.2, -0.15) is 0 Å². The van der Waals surface area contributed by atoms with Crippen molar-refractivity contribution in [2.24, 2.45) is 0 Å². The molecule has 1 N–H and O–H groups in total. The largest absolute Gasteiger partial charge is 0.493 e. The lowest BCUT2D eigenvalue weighted by Crippen LogP contribution is -2.17. The first-order valence-electron chi connectivity index (χ1n) is 8.53. The number of benzene rings is 2. The molecule has 0 unspecified atom stereocenters. The van der Waals surface area contributed by atoms with Gasteiger partial charge in [0.25, 0.3) is 10.0 Å². The minimum atomic E-state index is -4.18. The van der Waals surface area contributed by atoms with Crippen LogP contribution in [0.4, 0.5) is 5.69 Å². The van der Waals surface area contributed by atoms with Crippen molar-refractivity contribution in [3.63, 3.8) is 0 Å². The van der Waals surface area contributed by atoms with Crippen LogP contribution in [0.15, 0.2) is 35.2 Å². The van der Waals surface area contributed by atoms with E-state index in [9.17, 15) is 18.0 Å². The highest BCUT2D eigenvalue weighted by Crippen LogP contribution is 2.35. The van der Waals surface area contributed by atoms with E-state index in [1.807, 2.05) is 0 Å². The van der Waals surface area contributed by atoms with Crippen LogP contribution < -0.4 is 18.9 Å². The number of methoxy groups -OCH3 is 4. The van der Waals surface area contributed by atoms with Crippen LogP contribution in [0.3, 0.4) is 0 Å². The molecule has 2 aromatic rings. The SMILES string of the molecule is COC(=O)COc1ccc(S(=O)(=O)Nc2cc(OC)c(OC)cc2C(=O)OC)cc1Cl. The van der Waals surface area contributed by atoms with Crippen LogP contribution in [-0.4, -0.2) is 55.4 Å². The zero-order valence-electron chi connectivity index (χ0n) is 17.1. The molecule has 2 rings (SSSR count). The van der Waals surface area contributed by atoms with E-state index in [-0.39, 0.29) is 38.4 Å². The minimum Gasteiger partial charge on any atom is -0.493 e. The molecule has 0 bridgehead atoms. The summed E-state index contributed by atoms with van der Waals surface area (Å²) in [6.45, 7) is -0.394. The Morgan fingerprint density at radius 3 is 2.13 bits per heavy atom. The van der Waals surface area contributed by atoms with E-state index in [2.05, 4.69) is 9.46 Å². The number of halogens is 1. The molecule has 0 heterocycles. The number of nitrogens with one attached hydrogen (secondary N) is 1. The maximum atomic E-state index is 12.9. The van der Waals surface area contributed by atoms with Crippen molar-refractivity contribution < 1.29 is 41.7 Å². The van der Waals surface area contributed by atoms with Crippen molar-refractivity contribution in [3.8, 4) is 17.2 Å². The predicted octanol–water partition coefficient (Wildman–Crippen LogP) is 2.50. The fourth-order valence-corrected chi connectivity index (χ4v) is 3.80. The molecule has 0 fully saturated rings. The smallest absolute Gasteiger partial charge is 0.343 e. The summed E-state index contributed by atoms with van der Waals surface area (Å²) in [5, 5.41) is -0.0488. The molecular formula is C19H20ClNO9S. The summed E-state index contributed by atoms with van der Waals surface area (Å²) in [6.07, 6.45) is 0. The van der Waals surface area contributed by atoms with Gasteiger partial charge < -0.3 is 23.7 Å². The Balaban J connectivity index is 2.40. The van der Waals surface area contributed by atoms with Gasteiger partial charge in [-0.05, 0) is 18.2 Å². The summed E-state index contributed by atoms with van der Waals surface area (Å²) < 4.78 is 52.8. The second-order valence-electron chi connectivity index (χ2n) is 5.81. The van der Waals surface area contributed by atoms with E-state index in [1.165, 1.54) is 45.6 Å². The van der Waals surface area contributed by atoms with E-state index in [0.29, 0.717) is 0 Å². The van der Waals surface area contributed by atoms with Crippen LogP contribution in [0.2, 0.25) is 5.02 Å². The molecule has 0 aliphatic carbocycles. The first kappa shape index (κ1) is 24.1. The fourth-order valence-electron chi connectivity index (χ4n) is 2.41. The Bertz CT molecular complexity index is 1090. The highest BCUT2D eigenvalue weighted by atomic mass is 35.5. The molecule has 0 atom stereocenters. The van der Waals surface area contributed by atoms with Crippen LogP contribution in [0.1, 0.15) is 10.4 Å². The van der Waals surface area contributed by atoms with Crippen molar-refractivity contribution >= 4 is 39.3 Å². The molecule has 0 radical (unpaired) electrons. The van der Waals surface area contributed by atoms with Gasteiger partial charge in [0, 0.05) is 12.1 Å². The fraction of sp³-hybridized carbons (Fsp3) is 0.263. The average Bonchev–Trinajstić information content (AvgIpc) is 2.76. The standard InChI is InChI=1S/C19H20ClNO9S/c1-26-16-8-12(19(23)29-4)14(9-17(16)27-2)21-31(24,25)11-5-6-15(13(20)7-11)30-10-18(22)28-3/h5-9,21H,10H2,1-4H3. The summed E-state index contributed by atoms with van der Waals surface area (Å²) in [5.74, 6) is -0.924. The molecule has 10 nitrogen and oxygen atoms in total. The number of hydrogen-bond acceptors (Lipinski definition) is 9. The molecule has 0 saturated carbocycles. The van der Waals surface area contributed by atoms with Gasteiger partial charge in [-0.15, -0.1) is 0 Å². The third kappa shape index (κ3) is 5.70. The van der Waals surface area contributed by atoms with Crippen LogP contribution >= 0.6 is 11.6 Å². The molecule has 0 aromatic heterocycles. The first-order valence-corrected chi connectivity index (χ1v) is 10.4. The number of sulfonamides is 1. The zero-order chi connectivity index (χ0) is 23.2. The third-order valence-corrected chi connectivity index (χ3v) is 5.62. The number of anilines is 1. The maximum absolute atomic E-state index is 12.9. The Labute approximate surface area is 184 Å². The summed E-state index contributed by atoms with van der Waals surface area (Å²) in [4.78, 5) is 23.1. The third-order valence-electron chi connectivity index (χ3n) is 3.96. The molecule has 0 aliphatic rings. The molecule has 2 aromatic carbocycles. The molecule has 31 heavy (non-hydrogen) atoms. The van der Waals surface area contributed by atoms with Gasteiger partial charge in [0.15, 0.2) is 18.1 Å². The van der Waals surface area contributed by atoms with E-state index in [4.69, 9.17) is 30.5 Å². The number of carbonyl (C=O) groups is 2. The summed E-state index contributed by atoms with van der Waals surface area (Å²) in [7, 11) is 0.905. The minimum absolute atomic E-state index is 0.0488. The Hall–Kier alpha value is -3.18. The zero-order valence-corrected chi connectivity index (χ0v) is 18.6. The Kier molecular flexibility index (Phi) is 7.95. The molecule has 0 spiro atoms. The maximum Gasteiger partial charge on any atom is 0.343 e. The normalized spacial score (nSPS) is 10.7. The second-order valence-corrected chi connectivity index (χ2v) is 7.90. The van der Waals surface area contributed by atoms with E-state index < -0.39 is 28.6 Å². The Morgan fingerprint density at radius 2 is 1.58 bits per heavy atom. The molecular weight excluding hydrogens is 454 g/mol. The Morgan fingerprint density at radius 1 is 0.935 bits per heavy atom. The lowest BCUT2D eigenvalue weighted by Gasteiger charge is -2.16.